The van der Waals surface area contributed by atoms with Crippen molar-refractivity contribution >= 4 is 11.9 Å². The van der Waals surface area contributed by atoms with Crippen molar-refractivity contribution in [3.63, 3.8) is 0 Å². The maximum Gasteiger partial charge on any atom is 0.306 e. The predicted octanol–water partition coefficient (Wildman–Crippen LogP) is 9.85. The van der Waals surface area contributed by atoms with E-state index >= 15 is 0 Å². The van der Waals surface area contributed by atoms with Gasteiger partial charge in [0.05, 0.1) is 31.8 Å². The van der Waals surface area contributed by atoms with Gasteiger partial charge in [-0.1, -0.05) is 168 Å². The van der Waals surface area contributed by atoms with Gasteiger partial charge < -0.3 is 29.3 Å². The van der Waals surface area contributed by atoms with Crippen molar-refractivity contribution in [1.29, 1.82) is 5.26 Å². The number of aliphatic hydroxyl groups is 2. The van der Waals surface area contributed by atoms with Crippen LogP contribution in [0.4, 0.5) is 0 Å². The van der Waals surface area contributed by atoms with Crippen LogP contribution >= 0.6 is 0 Å². The Morgan fingerprint density at radius 2 is 1.00 bits per heavy atom. The lowest BCUT2D eigenvalue weighted by Gasteiger charge is -2.25. The van der Waals surface area contributed by atoms with Gasteiger partial charge in [0.15, 0.2) is 0 Å². The summed E-state index contributed by atoms with van der Waals surface area (Å²) < 4.78 is 16.8. The van der Waals surface area contributed by atoms with Crippen LogP contribution in [0.1, 0.15) is 194 Å². The quantitative estimate of drug-likeness (QED) is 0.0466. The Hall–Kier alpha value is -1.73. The second-order valence-electron chi connectivity index (χ2n) is 15.2. The van der Waals surface area contributed by atoms with Crippen LogP contribution in [-0.4, -0.2) is 85.8 Å². The molecule has 3 atom stereocenters. The Kier molecular flexibility index (Phi) is 37.7. The minimum Gasteiger partial charge on any atom is -0.462 e. The van der Waals surface area contributed by atoms with Crippen LogP contribution in [0.5, 0.6) is 0 Å². The van der Waals surface area contributed by atoms with Crippen LogP contribution in [-0.2, 0) is 23.8 Å². The summed E-state index contributed by atoms with van der Waals surface area (Å²) in [5, 5.41) is 28.1. The molecule has 0 aliphatic heterocycles. The fourth-order valence-electron chi connectivity index (χ4n) is 6.53. The summed E-state index contributed by atoms with van der Waals surface area (Å²) in [6, 6.07) is 2.21. The van der Waals surface area contributed by atoms with Crippen molar-refractivity contribution in [2.24, 2.45) is 5.92 Å². The molecule has 0 aromatic carbocycles. The van der Waals surface area contributed by atoms with Gasteiger partial charge in [-0.15, -0.1) is 0 Å². The largest absolute Gasteiger partial charge is 0.462 e. The van der Waals surface area contributed by atoms with Gasteiger partial charge >= 0.3 is 11.9 Å². The van der Waals surface area contributed by atoms with E-state index in [9.17, 15) is 20.0 Å². The summed E-state index contributed by atoms with van der Waals surface area (Å²) >= 11 is 0. The number of aliphatic hydroxyl groups excluding tert-OH is 2. The number of carbonyl (C=O) groups excluding carboxylic acids is 2. The number of hydrogen-bond acceptors (Lipinski definition) is 9. The van der Waals surface area contributed by atoms with Crippen LogP contribution in [0.15, 0.2) is 0 Å². The molecule has 0 aliphatic carbocycles. The average molecular weight is 739 g/mol. The number of carbonyl (C=O) groups is 2. The molecule has 0 bridgehead atoms. The third kappa shape index (κ3) is 35.3. The zero-order valence-electron chi connectivity index (χ0n) is 34.1. The van der Waals surface area contributed by atoms with E-state index in [-0.39, 0.29) is 31.8 Å². The predicted molar refractivity (Wildman–Crippen MR) is 212 cm³/mol. The minimum atomic E-state index is -0.981. The first-order chi connectivity index (χ1) is 25.4. The second-order valence-corrected chi connectivity index (χ2v) is 15.2. The van der Waals surface area contributed by atoms with Gasteiger partial charge in [0, 0.05) is 25.9 Å². The first-order valence-corrected chi connectivity index (χ1v) is 21.7. The van der Waals surface area contributed by atoms with E-state index in [1.54, 1.807) is 0 Å². The van der Waals surface area contributed by atoms with Crippen LogP contribution in [0.25, 0.3) is 0 Å². The molecule has 0 radical (unpaired) electrons. The lowest BCUT2D eigenvalue weighted by molar-refractivity contribution is -0.160. The average Bonchev–Trinajstić information content (AvgIpc) is 3.13. The highest BCUT2D eigenvalue weighted by Crippen LogP contribution is 2.15. The number of likely N-dealkylation sites (N-methyl/N-ethyl adjacent to an activating group) is 1. The van der Waals surface area contributed by atoms with Gasteiger partial charge in [0.25, 0.3) is 0 Å². The fourth-order valence-corrected chi connectivity index (χ4v) is 6.53. The monoisotopic (exact) mass is 739 g/mol. The van der Waals surface area contributed by atoms with Gasteiger partial charge in [-0.3, -0.25) is 9.59 Å². The van der Waals surface area contributed by atoms with E-state index < -0.39 is 24.7 Å². The fraction of sp³-hybridized carbons (Fsp3) is 0.930. The van der Waals surface area contributed by atoms with Gasteiger partial charge in [-0.05, 0) is 19.9 Å². The minimum absolute atomic E-state index is 0.0115. The Balaban J connectivity index is 4.48. The van der Waals surface area contributed by atoms with Crippen molar-refractivity contribution in [2.45, 2.75) is 206 Å². The Bertz CT molecular complexity index is 837. The highest BCUT2D eigenvalue weighted by Gasteiger charge is 2.21. The first kappa shape index (κ1) is 50.3. The van der Waals surface area contributed by atoms with Crippen molar-refractivity contribution < 1.29 is 34.0 Å². The van der Waals surface area contributed by atoms with E-state index in [1.165, 1.54) is 128 Å². The zero-order chi connectivity index (χ0) is 38.3. The number of esters is 2. The van der Waals surface area contributed by atoms with Crippen LogP contribution in [0.3, 0.4) is 0 Å². The smallest absolute Gasteiger partial charge is 0.306 e. The molecule has 9 heteroatoms. The summed E-state index contributed by atoms with van der Waals surface area (Å²) in [4.78, 5) is 27.3. The summed E-state index contributed by atoms with van der Waals surface area (Å²) in [5.41, 5.74) is 0. The molecule has 0 saturated carbocycles. The van der Waals surface area contributed by atoms with Crippen molar-refractivity contribution in [3.8, 4) is 6.07 Å². The van der Waals surface area contributed by atoms with Crippen molar-refractivity contribution in [2.75, 3.05) is 46.6 Å². The molecule has 0 aliphatic rings. The molecule has 3 unspecified atom stereocenters. The van der Waals surface area contributed by atoms with Crippen LogP contribution in [0.2, 0.25) is 0 Å². The lowest BCUT2D eigenvalue weighted by Crippen LogP contribution is -2.39. The Labute approximate surface area is 319 Å². The number of nitrogens with zero attached hydrogens (tertiary/aromatic N) is 2. The van der Waals surface area contributed by atoms with Gasteiger partial charge in [-0.2, -0.15) is 5.26 Å². The van der Waals surface area contributed by atoms with Gasteiger partial charge in [0.1, 0.15) is 18.8 Å². The molecule has 9 nitrogen and oxygen atoms in total. The van der Waals surface area contributed by atoms with Crippen LogP contribution < -0.4 is 0 Å². The summed E-state index contributed by atoms with van der Waals surface area (Å²) in [7, 11) is 1.83. The third-order valence-corrected chi connectivity index (χ3v) is 9.77. The van der Waals surface area contributed by atoms with E-state index in [1.807, 2.05) is 11.9 Å². The van der Waals surface area contributed by atoms with E-state index in [0.29, 0.717) is 25.9 Å². The number of rotatable bonds is 40. The van der Waals surface area contributed by atoms with Crippen molar-refractivity contribution in [1.82, 2.24) is 4.90 Å². The molecule has 0 aromatic heterocycles. The second kappa shape index (κ2) is 39.0. The lowest BCUT2D eigenvalue weighted by atomic mass is 10.0. The maximum absolute atomic E-state index is 12.8. The molecule has 0 amide bonds. The maximum atomic E-state index is 12.8. The first-order valence-electron chi connectivity index (χ1n) is 21.7. The molecule has 0 heterocycles. The molecule has 2 N–H and O–H groups in total. The molecule has 0 spiro atoms. The highest BCUT2D eigenvalue weighted by molar-refractivity contribution is 5.70. The topological polar surface area (TPSA) is 129 Å². The van der Waals surface area contributed by atoms with Crippen LogP contribution in [0, 0.1) is 17.2 Å². The van der Waals surface area contributed by atoms with E-state index in [4.69, 9.17) is 19.3 Å². The van der Waals surface area contributed by atoms with E-state index in [2.05, 4.69) is 19.9 Å². The molecule has 0 aromatic rings. The van der Waals surface area contributed by atoms with E-state index in [0.717, 1.165) is 38.5 Å². The Morgan fingerprint density at radius 1 is 0.596 bits per heavy atom. The number of nitriles is 1. The summed E-state index contributed by atoms with van der Waals surface area (Å²) in [6.07, 6.45) is 31.4. The summed E-state index contributed by atoms with van der Waals surface area (Å²) in [6.45, 7) is 4.82. The molecular weight excluding hydrogens is 656 g/mol. The summed E-state index contributed by atoms with van der Waals surface area (Å²) in [5.74, 6) is -1.03. The zero-order valence-corrected chi connectivity index (χ0v) is 34.1. The third-order valence-electron chi connectivity index (χ3n) is 9.77. The molecule has 0 saturated heterocycles. The molecule has 0 fully saturated rings. The normalized spacial score (nSPS) is 13.2. The molecule has 0 rings (SSSR count). The Morgan fingerprint density at radius 3 is 1.40 bits per heavy atom. The number of unbranched alkanes of at least 4 members (excludes halogenated alkanes) is 24. The molecule has 306 valence electrons. The van der Waals surface area contributed by atoms with Gasteiger partial charge in [0.2, 0.25) is 0 Å². The number of ether oxygens (including phenoxy) is 3. The molecule has 52 heavy (non-hydrogen) atoms. The van der Waals surface area contributed by atoms with Crippen molar-refractivity contribution in [3.05, 3.63) is 0 Å². The standard InChI is InChI=1S/C43H82N2O7/c1-4-6-8-10-12-14-16-18-20-22-24-26-28-30-42(48)51-38-41(34-45(3)33-39(32-44)36-50-37-40(47)35-46)52-43(49)31-29-27-25-23-21-19-17-15-13-11-9-7-5-2/h39-41,46-47H,4-31,33-38H2,1-3H3. The molecular formula is C43H82N2O7. The number of hydrogen-bond donors (Lipinski definition) is 2. The highest BCUT2D eigenvalue weighted by atomic mass is 16.6. The van der Waals surface area contributed by atoms with Gasteiger partial charge in [-0.25, -0.2) is 0 Å². The SMILES string of the molecule is CCCCCCCCCCCCCCCC(=O)OCC(CN(C)CC(C#N)COCC(O)CO)OC(=O)CCCCCCCCCCCCCCC.